The molecule has 21 rings (SSSR count). The summed E-state index contributed by atoms with van der Waals surface area (Å²) < 4.78 is 0. The van der Waals surface area contributed by atoms with Gasteiger partial charge in [0.1, 0.15) is 0 Å². The quantitative estimate of drug-likeness (QED) is 0.103. The summed E-state index contributed by atoms with van der Waals surface area (Å²) in [6.45, 7) is 0. The fourth-order valence-electron chi connectivity index (χ4n) is 14.3. The summed E-state index contributed by atoms with van der Waals surface area (Å²) >= 11 is 0. The van der Waals surface area contributed by atoms with Gasteiger partial charge in [-0.05, 0) is 255 Å². The molecule has 0 spiro atoms. The maximum atomic E-state index is 4.84. The van der Waals surface area contributed by atoms with E-state index in [-0.39, 0.29) is 0 Å². The number of benzene rings is 3. The van der Waals surface area contributed by atoms with Crippen LogP contribution in [0.2, 0.25) is 0 Å². The lowest BCUT2D eigenvalue weighted by Gasteiger charge is -2.06. The Morgan fingerprint density at radius 2 is 0.203 bits per heavy atom. The summed E-state index contributed by atoms with van der Waals surface area (Å²) in [6, 6.07) is 116. The zero-order valence-electron chi connectivity index (χ0n) is 73.6. The minimum absolute atomic E-state index is 0.728. The Hall–Kier alpha value is -20.3. The molecule has 0 unspecified atom stereocenters. The van der Waals surface area contributed by atoms with Gasteiger partial charge >= 0.3 is 0 Å². The van der Waals surface area contributed by atoms with Crippen LogP contribution in [0.5, 0.6) is 0 Å². The molecule has 138 heavy (non-hydrogen) atoms. The summed E-state index contributed by atoms with van der Waals surface area (Å²) in [5.41, 5.74) is 27.6. The van der Waals surface area contributed by atoms with Crippen molar-refractivity contribution in [1.82, 2.24) is 89.7 Å². The van der Waals surface area contributed by atoms with E-state index in [1.165, 1.54) is 0 Å². The van der Waals surface area contributed by atoms with Crippen molar-refractivity contribution in [1.29, 1.82) is 0 Å². The Balaban J connectivity index is 0.000000132. The maximum Gasteiger partial charge on any atom is 0.0906 e. The Kier molecular flexibility index (Phi) is 27.4. The minimum atomic E-state index is 0.728. The van der Waals surface area contributed by atoms with Crippen molar-refractivity contribution in [2.75, 3.05) is 0 Å². The van der Waals surface area contributed by atoms with Gasteiger partial charge in [0, 0.05) is 141 Å². The zero-order chi connectivity index (χ0) is 92.9. The maximum absolute atomic E-state index is 4.84. The molecule has 21 aromatic rings. The van der Waals surface area contributed by atoms with Gasteiger partial charge in [-0.1, -0.05) is 180 Å². The zero-order valence-corrected chi connectivity index (χ0v) is 73.6. The summed E-state index contributed by atoms with van der Waals surface area (Å²) in [5.74, 6) is 40.1. The molecular weight excluding hydrogens is 1690 g/mol. The first-order chi connectivity index (χ1) is 68.3. The molecule has 0 aliphatic heterocycles. The summed E-state index contributed by atoms with van der Waals surface area (Å²) in [7, 11) is 0. The Labute approximate surface area is 797 Å². The number of nitrogens with zero attached hydrogens (tertiary/aromatic N) is 18. The second kappa shape index (κ2) is 43.4. The lowest BCUT2D eigenvalue weighted by Crippen LogP contribution is -1.94. The van der Waals surface area contributed by atoms with Crippen LogP contribution in [0.3, 0.4) is 0 Å². The van der Waals surface area contributed by atoms with E-state index in [1.54, 1.807) is 74.4 Å². The second-order valence-corrected chi connectivity index (χ2v) is 30.5. The lowest BCUT2D eigenvalue weighted by atomic mass is 10.1. The van der Waals surface area contributed by atoms with Crippen molar-refractivity contribution in [3.05, 3.63) is 505 Å². The molecule has 0 N–H and O–H groups in total. The lowest BCUT2D eigenvalue weighted by molar-refractivity contribution is 1.21. The highest BCUT2D eigenvalue weighted by molar-refractivity contribution is 5.74. The highest BCUT2D eigenvalue weighted by Gasteiger charge is 2.17. The molecular formula is C120H72N18. The largest absolute Gasteiger partial charge is 0.255 e. The monoisotopic (exact) mass is 1760 g/mol. The normalized spacial score (nSPS) is 10.3. The van der Waals surface area contributed by atoms with E-state index >= 15 is 0 Å². The van der Waals surface area contributed by atoms with Gasteiger partial charge in [0.2, 0.25) is 0 Å². The van der Waals surface area contributed by atoms with Gasteiger partial charge in [0.05, 0.1) is 137 Å². The van der Waals surface area contributed by atoms with Crippen molar-refractivity contribution < 1.29 is 0 Å². The van der Waals surface area contributed by atoms with Crippen LogP contribution in [0.15, 0.2) is 438 Å². The third-order valence-electron chi connectivity index (χ3n) is 20.9. The van der Waals surface area contributed by atoms with Gasteiger partial charge in [-0.25, -0.2) is 29.9 Å². The molecule has 0 amide bonds. The number of pyridine rings is 18. The fraction of sp³-hybridized carbons (Fsp3) is 0. The van der Waals surface area contributed by atoms with E-state index in [9.17, 15) is 0 Å². The minimum Gasteiger partial charge on any atom is -0.255 e. The van der Waals surface area contributed by atoms with Crippen molar-refractivity contribution in [3.8, 4) is 208 Å². The second-order valence-electron chi connectivity index (χ2n) is 30.5. The van der Waals surface area contributed by atoms with E-state index in [4.69, 9.17) is 29.9 Å². The van der Waals surface area contributed by atoms with Crippen LogP contribution in [0, 0.1) is 71.0 Å². The van der Waals surface area contributed by atoms with Crippen LogP contribution in [0.1, 0.15) is 66.8 Å². The summed E-state index contributed by atoms with van der Waals surface area (Å²) in [5, 5.41) is 0. The highest BCUT2D eigenvalue weighted by Crippen LogP contribution is 2.31. The molecule has 18 nitrogen and oxygen atoms in total. The number of rotatable bonds is 12. The smallest absolute Gasteiger partial charge is 0.0906 e. The Morgan fingerprint density at radius 3 is 0.297 bits per heavy atom. The van der Waals surface area contributed by atoms with Crippen LogP contribution in [0.4, 0.5) is 0 Å². The number of hydrogen-bond donors (Lipinski definition) is 0. The third kappa shape index (κ3) is 22.8. The van der Waals surface area contributed by atoms with E-state index in [0.29, 0.717) is 0 Å². The molecule has 0 saturated heterocycles. The predicted octanol–water partition coefficient (Wildman–Crippen LogP) is 22.6. The summed E-state index contributed by atoms with van der Waals surface area (Å²) in [4.78, 5) is 83.0. The first-order valence-electron chi connectivity index (χ1n) is 43.8. The van der Waals surface area contributed by atoms with Crippen LogP contribution >= 0.6 is 0 Å². The van der Waals surface area contributed by atoms with E-state index in [0.717, 1.165) is 203 Å². The van der Waals surface area contributed by atoms with E-state index < -0.39 is 0 Å². The molecule has 18 heteroatoms. The van der Waals surface area contributed by atoms with Crippen LogP contribution in [-0.2, 0) is 0 Å². The van der Waals surface area contributed by atoms with Crippen LogP contribution in [-0.4, -0.2) is 89.7 Å². The number of hydrogen-bond acceptors (Lipinski definition) is 18. The van der Waals surface area contributed by atoms with Crippen molar-refractivity contribution >= 4 is 0 Å². The first-order valence-corrected chi connectivity index (χ1v) is 43.8. The van der Waals surface area contributed by atoms with Crippen LogP contribution in [0.25, 0.3) is 137 Å². The van der Waals surface area contributed by atoms with Gasteiger partial charge in [0.15, 0.2) is 0 Å². The summed E-state index contributed by atoms with van der Waals surface area (Å²) in [6.07, 6.45) is 21.1. The van der Waals surface area contributed by atoms with Crippen molar-refractivity contribution in [2.24, 2.45) is 0 Å². The molecule has 642 valence electrons. The molecule has 0 fully saturated rings. The molecule has 0 aliphatic rings. The van der Waals surface area contributed by atoms with Gasteiger partial charge in [-0.15, -0.1) is 0 Å². The molecule has 0 aliphatic carbocycles. The van der Waals surface area contributed by atoms with Gasteiger partial charge in [0.25, 0.3) is 0 Å². The van der Waals surface area contributed by atoms with Crippen molar-refractivity contribution in [2.45, 2.75) is 0 Å². The Bertz CT molecular complexity index is 6690. The predicted molar refractivity (Wildman–Crippen MR) is 539 cm³/mol. The molecule has 0 saturated carbocycles. The molecule has 3 aromatic carbocycles. The van der Waals surface area contributed by atoms with E-state index in [1.807, 2.05) is 364 Å². The fourth-order valence-corrected chi connectivity index (χ4v) is 14.3. The van der Waals surface area contributed by atoms with Crippen LogP contribution < -0.4 is 0 Å². The average Bonchev–Trinajstić information content (AvgIpc) is 0.835. The topological polar surface area (TPSA) is 232 Å². The van der Waals surface area contributed by atoms with Crippen molar-refractivity contribution in [3.63, 3.8) is 0 Å². The standard InChI is InChI=1S/3C40H24N6/c3*1-2-12-32(20-18-30-27-39(35-15-5-9-23-43-35)46-40(28-30)36-16-6-10-24-44-36)31(11-1)19-17-29-25-37(33-13-3-7-21-41-33)45-38(26-29)34-14-4-8-22-42-34/h3*1-16,21-28H. The molecule has 18 heterocycles. The number of aromatic nitrogens is 18. The molecule has 18 aromatic heterocycles. The molecule has 0 radical (unpaired) electrons. The SMILES string of the molecule is C(#Cc1ccccc1C#Cc1cc(-c2ccccn2)nc(-c2ccccn2)c1)c1cc(-c2ccccn2)nc(-c2ccccn2)c1.C(#Cc1ccccc1C#Cc1cc(-c2ccccn2)nc(-c2ccccn2)c1)c1cc(-c2ccccn2)nc(-c2ccccn2)c1.C(#Cc1ccccc1C#Cc1cc(-c2ccccn2)nc(-c2ccccn2)c1)c1cc(-c2ccccn2)nc(-c2ccccn2)c1. The Morgan fingerprint density at radius 1 is 0.101 bits per heavy atom. The first kappa shape index (κ1) is 87.1. The van der Waals surface area contributed by atoms with E-state index in [2.05, 4.69) is 131 Å². The van der Waals surface area contributed by atoms with Gasteiger partial charge in [-0.2, -0.15) is 0 Å². The molecule has 0 bridgehead atoms. The highest BCUT2D eigenvalue weighted by atomic mass is 14.9. The third-order valence-corrected chi connectivity index (χ3v) is 20.9. The molecule has 0 atom stereocenters. The van der Waals surface area contributed by atoms with Gasteiger partial charge in [-0.3, -0.25) is 59.8 Å². The van der Waals surface area contributed by atoms with Gasteiger partial charge < -0.3 is 0 Å². The average molecular weight is 1770 g/mol.